The Morgan fingerprint density at radius 3 is 2.42 bits per heavy atom. The second-order valence-electron chi connectivity index (χ2n) is 6.87. The molecule has 2 N–H and O–H groups in total. The number of urea groups is 1. The van der Waals surface area contributed by atoms with E-state index in [1.165, 1.54) is 5.56 Å². The van der Waals surface area contributed by atoms with Crippen LogP contribution < -0.4 is 15.4 Å². The average Bonchev–Trinajstić information content (AvgIpc) is 2.62. The van der Waals surface area contributed by atoms with Crippen LogP contribution in [0.3, 0.4) is 0 Å². The SMILES string of the molecule is COc1cccc(C(CNC(=O)Nc2cccc(C(C)C)c2)N(C)C)c1. The summed E-state index contributed by atoms with van der Waals surface area (Å²) in [6, 6.07) is 15.7. The number of nitrogens with zero attached hydrogens (tertiary/aromatic N) is 1. The van der Waals surface area contributed by atoms with E-state index in [-0.39, 0.29) is 12.1 Å². The van der Waals surface area contributed by atoms with Gasteiger partial charge in [-0.1, -0.05) is 38.1 Å². The summed E-state index contributed by atoms with van der Waals surface area (Å²) in [4.78, 5) is 14.4. The standard InChI is InChI=1S/C21H29N3O2/c1-15(2)16-8-6-10-18(12-16)23-21(25)22-14-20(24(3)4)17-9-7-11-19(13-17)26-5/h6-13,15,20H,14H2,1-5H3,(H2,22,23,25). The van der Waals surface area contributed by atoms with Gasteiger partial charge in [-0.25, -0.2) is 4.79 Å². The molecule has 0 aromatic heterocycles. The van der Waals surface area contributed by atoms with Crippen LogP contribution in [0.15, 0.2) is 48.5 Å². The van der Waals surface area contributed by atoms with Crippen LogP contribution in [0.1, 0.15) is 36.9 Å². The Balaban J connectivity index is 2.00. The third-order valence-corrected chi connectivity index (χ3v) is 4.37. The number of rotatable bonds is 7. The minimum atomic E-state index is -0.208. The number of hydrogen-bond acceptors (Lipinski definition) is 3. The molecule has 2 rings (SSSR count). The molecule has 0 heterocycles. The summed E-state index contributed by atoms with van der Waals surface area (Å²) in [6.45, 7) is 4.76. The monoisotopic (exact) mass is 355 g/mol. The first-order valence-electron chi connectivity index (χ1n) is 8.86. The zero-order valence-electron chi connectivity index (χ0n) is 16.2. The fourth-order valence-electron chi connectivity index (χ4n) is 2.79. The highest BCUT2D eigenvalue weighted by molar-refractivity contribution is 5.89. The van der Waals surface area contributed by atoms with Gasteiger partial charge in [-0.2, -0.15) is 0 Å². The number of ether oxygens (including phenoxy) is 1. The molecule has 140 valence electrons. The molecule has 0 aliphatic heterocycles. The fraction of sp³-hybridized carbons (Fsp3) is 0.381. The number of nitrogens with one attached hydrogen (secondary N) is 2. The van der Waals surface area contributed by atoms with Gasteiger partial charge in [0.1, 0.15) is 5.75 Å². The number of carbonyl (C=O) groups is 1. The molecule has 0 saturated carbocycles. The molecule has 26 heavy (non-hydrogen) atoms. The van der Waals surface area contributed by atoms with Gasteiger partial charge in [0.15, 0.2) is 0 Å². The maximum absolute atomic E-state index is 12.3. The van der Waals surface area contributed by atoms with Crippen molar-refractivity contribution in [2.24, 2.45) is 0 Å². The predicted molar refractivity (Wildman–Crippen MR) is 107 cm³/mol. The molecule has 2 aromatic carbocycles. The van der Waals surface area contributed by atoms with Gasteiger partial charge in [0, 0.05) is 12.2 Å². The smallest absolute Gasteiger partial charge is 0.319 e. The van der Waals surface area contributed by atoms with Crippen LogP contribution in [0, 0.1) is 0 Å². The quantitative estimate of drug-likeness (QED) is 0.781. The van der Waals surface area contributed by atoms with Crippen molar-refractivity contribution in [3.05, 3.63) is 59.7 Å². The van der Waals surface area contributed by atoms with Crippen LogP contribution in [0.4, 0.5) is 10.5 Å². The summed E-state index contributed by atoms with van der Waals surface area (Å²) >= 11 is 0. The minimum absolute atomic E-state index is 0.0536. The number of carbonyl (C=O) groups excluding carboxylic acids is 1. The van der Waals surface area contributed by atoms with Crippen molar-refractivity contribution in [2.75, 3.05) is 33.1 Å². The van der Waals surface area contributed by atoms with E-state index >= 15 is 0 Å². The first-order valence-corrected chi connectivity index (χ1v) is 8.86. The topological polar surface area (TPSA) is 53.6 Å². The van der Waals surface area contributed by atoms with Crippen molar-refractivity contribution in [3.8, 4) is 5.75 Å². The molecule has 0 radical (unpaired) electrons. The van der Waals surface area contributed by atoms with Gasteiger partial charge >= 0.3 is 6.03 Å². The van der Waals surface area contributed by atoms with E-state index in [1.54, 1.807) is 7.11 Å². The first kappa shape index (κ1) is 19.8. The minimum Gasteiger partial charge on any atom is -0.497 e. The first-order chi connectivity index (χ1) is 12.4. The molecular weight excluding hydrogens is 326 g/mol. The van der Waals surface area contributed by atoms with Crippen molar-refractivity contribution in [1.29, 1.82) is 0 Å². The van der Waals surface area contributed by atoms with Crippen LogP contribution in [0.5, 0.6) is 5.75 Å². The molecule has 0 spiro atoms. The summed E-state index contributed by atoms with van der Waals surface area (Å²) in [5.74, 6) is 1.23. The molecule has 5 nitrogen and oxygen atoms in total. The van der Waals surface area contributed by atoms with Gasteiger partial charge in [-0.05, 0) is 55.4 Å². The maximum atomic E-state index is 12.3. The molecule has 0 fully saturated rings. The summed E-state index contributed by atoms with van der Waals surface area (Å²) in [6.07, 6.45) is 0. The Bertz CT molecular complexity index is 729. The number of methoxy groups -OCH3 is 1. The van der Waals surface area contributed by atoms with Crippen molar-refractivity contribution in [1.82, 2.24) is 10.2 Å². The predicted octanol–water partition coefficient (Wildman–Crippen LogP) is 4.24. The largest absolute Gasteiger partial charge is 0.497 e. The molecule has 0 bridgehead atoms. The normalized spacial score (nSPS) is 12.1. The lowest BCUT2D eigenvalue weighted by Gasteiger charge is -2.25. The second-order valence-corrected chi connectivity index (χ2v) is 6.87. The Morgan fingerprint density at radius 1 is 1.08 bits per heavy atom. The van der Waals surface area contributed by atoms with E-state index in [1.807, 2.05) is 56.6 Å². The van der Waals surface area contributed by atoms with E-state index < -0.39 is 0 Å². The summed E-state index contributed by atoms with van der Waals surface area (Å²) in [5, 5.41) is 5.88. The number of benzene rings is 2. The summed E-state index contributed by atoms with van der Waals surface area (Å²) in [5.41, 5.74) is 3.10. The van der Waals surface area contributed by atoms with E-state index in [4.69, 9.17) is 4.74 Å². The highest BCUT2D eigenvalue weighted by atomic mass is 16.5. The van der Waals surface area contributed by atoms with Crippen LogP contribution in [-0.4, -0.2) is 38.7 Å². The zero-order valence-corrected chi connectivity index (χ0v) is 16.2. The second kappa shape index (κ2) is 9.25. The molecule has 2 aromatic rings. The molecule has 5 heteroatoms. The molecule has 1 atom stereocenters. The van der Waals surface area contributed by atoms with Gasteiger partial charge < -0.3 is 20.3 Å². The van der Waals surface area contributed by atoms with Crippen LogP contribution in [0.2, 0.25) is 0 Å². The van der Waals surface area contributed by atoms with Crippen molar-refractivity contribution >= 4 is 11.7 Å². The van der Waals surface area contributed by atoms with Crippen LogP contribution >= 0.6 is 0 Å². The van der Waals surface area contributed by atoms with Crippen LogP contribution in [-0.2, 0) is 0 Å². The molecule has 1 unspecified atom stereocenters. The Kier molecular flexibility index (Phi) is 7.04. The number of likely N-dealkylation sites (N-methyl/N-ethyl adjacent to an activating group) is 1. The Labute approximate surface area is 156 Å². The number of amides is 2. The lowest BCUT2D eigenvalue weighted by Crippen LogP contribution is -2.36. The number of hydrogen-bond donors (Lipinski definition) is 2. The molecule has 2 amide bonds. The van der Waals surface area contributed by atoms with Crippen molar-refractivity contribution < 1.29 is 9.53 Å². The van der Waals surface area contributed by atoms with E-state index in [0.717, 1.165) is 17.0 Å². The maximum Gasteiger partial charge on any atom is 0.319 e. The summed E-state index contributed by atoms with van der Waals surface area (Å²) in [7, 11) is 5.65. The van der Waals surface area contributed by atoms with E-state index in [9.17, 15) is 4.79 Å². The van der Waals surface area contributed by atoms with Gasteiger partial charge in [-0.15, -0.1) is 0 Å². The summed E-state index contributed by atoms with van der Waals surface area (Å²) < 4.78 is 5.30. The van der Waals surface area contributed by atoms with E-state index in [0.29, 0.717) is 12.5 Å². The lowest BCUT2D eigenvalue weighted by atomic mass is 10.0. The van der Waals surface area contributed by atoms with Crippen molar-refractivity contribution in [3.63, 3.8) is 0 Å². The fourth-order valence-corrected chi connectivity index (χ4v) is 2.79. The lowest BCUT2D eigenvalue weighted by molar-refractivity contribution is 0.243. The van der Waals surface area contributed by atoms with E-state index in [2.05, 4.69) is 35.4 Å². The van der Waals surface area contributed by atoms with Gasteiger partial charge in [-0.3, -0.25) is 0 Å². The zero-order chi connectivity index (χ0) is 19.1. The third kappa shape index (κ3) is 5.49. The Morgan fingerprint density at radius 2 is 1.77 bits per heavy atom. The third-order valence-electron chi connectivity index (χ3n) is 4.37. The van der Waals surface area contributed by atoms with Gasteiger partial charge in [0.25, 0.3) is 0 Å². The average molecular weight is 355 g/mol. The molecule has 0 aliphatic rings. The van der Waals surface area contributed by atoms with Crippen LogP contribution in [0.25, 0.3) is 0 Å². The van der Waals surface area contributed by atoms with Gasteiger partial charge in [0.05, 0.1) is 13.2 Å². The molecular formula is C21H29N3O2. The Hall–Kier alpha value is -2.53. The highest BCUT2D eigenvalue weighted by Gasteiger charge is 2.16. The molecule has 0 saturated heterocycles. The van der Waals surface area contributed by atoms with Gasteiger partial charge in [0.2, 0.25) is 0 Å². The van der Waals surface area contributed by atoms with Crippen molar-refractivity contribution in [2.45, 2.75) is 25.8 Å². The molecule has 0 aliphatic carbocycles. The highest BCUT2D eigenvalue weighted by Crippen LogP contribution is 2.22. The number of anilines is 1.